The first-order valence-electron chi connectivity index (χ1n) is 9.81. The van der Waals surface area contributed by atoms with Gasteiger partial charge in [-0.3, -0.25) is 9.59 Å². The molecule has 0 aliphatic heterocycles. The van der Waals surface area contributed by atoms with Crippen molar-refractivity contribution in [1.29, 1.82) is 0 Å². The number of benzene rings is 3. The maximum Gasteiger partial charge on any atom is 0.262 e. The molecule has 3 aromatic carbocycles. The molecule has 0 saturated carbocycles. The topological polar surface area (TPSA) is 137 Å². The molecule has 0 fully saturated rings. The molecule has 0 atom stereocenters. The summed E-state index contributed by atoms with van der Waals surface area (Å²) in [4.78, 5) is 24.4. The summed E-state index contributed by atoms with van der Waals surface area (Å²) in [6.07, 6.45) is 0. The molecule has 9 nitrogen and oxygen atoms in total. The quantitative estimate of drug-likeness (QED) is 0.440. The zero-order valence-corrected chi connectivity index (χ0v) is 18.6. The molecule has 0 radical (unpaired) electrons. The van der Waals surface area contributed by atoms with Gasteiger partial charge in [0.2, 0.25) is 10.0 Å². The molecule has 2 amide bonds. The van der Waals surface area contributed by atoms with Crippen LogP contribution >= 0.6 is 0 Å². The van der Waals surface area contributed by atoms with Crippen molar-refractivity contribution in [1.82, 2.24) is 5.32 Å². The Morgan fingerprint density at radius 2 is 1.64 bits per heavy atom. The van der Waals surface area contributed by atoms with Gasteiger partial charge >= 0.3 is 0 Å². The Bertz CT molecular complexity index is 1230. The third kappa shape index (κ3) is 7.06. The lowest BCUT2D eigenvalue weighted by Gasteiger charge is -2.09. The Hall–Kier alpha value is -3.89. The Morgan fingerprint density at radius 1 is 0.939 bits per heavy atom. The van der Waals surface area contributed by atoms with E-state index in [1.54, 1.807) is 67.8 Å². The van der Waals surface area contributed by atoms with Crippen LogP contribution in [0.5, 0.6) is 11.5 Å². The molecular formula is C23H23N3O6S. The van der Waals surface area contributed by atoms with Crippen molar-refractivity contribution >= 4 is 27.5 Å². The summed E-state index contributed by atoms with van der Waals surface area (Å²) >= 11 is 0. The second kappa shape index (κ2) is 10.6. The maximum atomic E-state index is 12.3. The number of rotatable bonds is 9. The number of hydrogen-bond donors (Lipinski definition) is 3. The van der Waals surface area contributed by atoms with Crippen LogP contribution < -0.4 is 25.2 Å². The maximum absolute atomic E-state index is 12.3. The molecule has 4 N–H and O–H groups in total. The Morgan fingerprint density at radius 3 is 2.27 bits per heavy atom. The molecule has 0 aliphatic carbocycles. The summed E-state index contributed by atoms with van der Waals surface area (Å²) in [6, 6.07) is 19.2. The van der Waals surface area contributed by atoms with Gasteiger partial charge < -0.3 is 20.1 Å². The highest BCUT2D eigenvalue weighted by Gasteiger charge is 2.09. The number of ether oxygens (including phenoxy) is 2. The van der Waals surface area contributed by atoms with Gasteiger partial charge in [0.05, 0.1) is 12.0 Å². The highest BCUT2D eigenvalue weighted by Crippen LogP contribution is 2.17. The monoisotopic (exact) mass is 469 g/mol. The molecule has 33 heavy (non-hydrogen) atoms. The van der Waals surface area contributed by atoms with Crippen LogP contribution in [0.25, 0.3) is 0 Å². The summed E-state index contributed by atoms with van der Waals surface area (Å²) in [6.45, 7) is 0.0176. The highest BCUT2D eigenvalue weighted by atomic mass is 32.2. The van der Waals surface area contributed by atoms with E-state index < -0.39 is 10.0 Å². The Kier molecular flexibility index (Phi) is 7.65. The second-order valence-electron chi connectivity index (χ2n) is 6.96. The fraction of sp³-hybridized carbons (Fsp3) is 0.130. The van der Waals surface area contributed by atoms with Gasteiger partial charge in [-0.15, -0.1) is 0 Å². The van der Waals surface area contributed by atoms with E-state index in [2.05, 4.69) is 10.6 Å². The van der Waals surface area contributed by atoms with Crippen LogP contribution in [0.1, 0.15) is 15.9 Å². The highest BCUT2D eigenvalue weighted by molar-refractivity contribution is 7.89. The number of primary sulfonamides is 1. The molecule has 3 rings (SSSR count). The van der Waals surface area contributed by atoms with Gasteiger partial charge in [-0.25, -0.2) is 13.6 Å². The van der Waals surface area contributed by atoms with Crippen molar-refractivity contribution in [2.24, 2.45) is 5.14 Å². The number of sulfonamides is 1. The van der Waals surface area contributed by atoms with E-state index in [1.807, 2.05) is 0 Å². The van der Waals surface area contributed by atoms with Gasteiger partial charge in [0.1, 0.15) is 11.5 Å². The lowest BCUT2D eigenvalue weighted by atomic mass is 10.2. The Balaban J connectivity index is 1.47. The predicted octanol–water partition coefficient (Wildman–Crippen LogP) is 2.29. The number of amides is 2. The fourth-order valence-electron chi connectivity index (χ4n) is 2.83. The molecule has 0 unspecified atom stereocenters. The zero-order chi connectivity index (χ0) is 23.8. The van der Waals surface area contributed by atoms with Gasteiger partial charge in [0.15, 0.2) is 6.61 Å². The molecule has 0 heterocycles. The first-order chi connectivity index (χ1) is 15.7. The molecule has 172 valence electrons. The molecule has 0 aliphatic rings. The van der Waals surface area contributed by atoms with Crippen LogP contribution in [-0.4, -0.2) is 33.9 Å². The number of methoxy groups -OCH3 is 1. The van der Waals surface area contributed by atoms with Crippen molar-refractivity contribution in [2.45, 2.75) is 11.4 Å². The minimum atomic E-state index is -3.76. The summed E-state index contributed by atoms with van der Waals surface area (Å²) in [7, 11) is -2.21. The average molecular weight is 470 g/mol. The number of hydrogen-bond acceptors (Lipinski definition) is 6. The number of nitrogens with two attached hydrogens (primary N) is 1. The van der Waals surface area contributed by atoms with E-state index >= 15 is 0 Å². The zero-order valence-electron chi connectivity index (χ0n) is 17.8. The first-order valence-corrected chi connectivity index (χ1v) is 11.4. The average Bonchev–Trinajstić information content (AvgIpc) is 2.81. The normalized spacial score (nSPS) is 10.8. The van der Waals surface area contributed by atoms with E-state index in [9.17, 15) is 18.0 Å². The summed E-state index contributed by atoms with van der Waals surface area (Å²) in [5.41, 5.74) is 1.72. The minimum Gasteiger partial charge on any atom is -0.497 e. The molecule has 0 spiro atoms. The predicted molar refractivity (Wildman–Crippen MR) is 123 cm³/mol. The van der Waals surface area contributed by atoms with E-state index in [-0.39, 0.29) is 29.9 Å². The smallest absolute Gasteiger partial charge is 0.262 e. The number of carbonyl (C=O) groups excluding carboxylic acids is 2. The lowest BCUT2D eigenvalue weighted by Crippen LogP contribution is -2.23. The van der Waals surface area contributed by atoms with Crippen molar-refractivity contribution in [2.75, 3.05) is 19.0 Å². The summed E-state index contributed by atoms with van der Waals surface area (Å²) in [5.74, 6) is 0.417. The largest absolute Gasteiger partial charge is 0.497 e. The third-order valence-electron chi connectivity index (χ3n) is 4.54. The van der Waals surface area contributed by atoms with Gasteiger partial charge in [-0.2, -0.15) is 0 Å². The number of nitrogens with one attached hydrogen (secondary N) is 2. The summed E-state index contributed by atoms with van der Waals surface area (Å²) < 4.78 is 33.1. The van der Waals surface area contributed by atoms with Crippen LogP contribution in [0, 0.1) is 0 Å². The fourth-order valence-corrected chi connectivity index (χ4v) is 3.35. The number of anilines is 1. The van der Waals surface area contributed by atoms with Gasteiger partial charge in [-0.1, -0.05) is 18.2 Å². The van der Waals surface area contributed by atoms with Crippen molar-refractivity contribution in [3.05, 3.63) is 83.9 Å². The van der Waals surface area contributed by atoms with Crippen molar-refractivity contribution < 1.29 is 27.5 Å². The molecule has 0 aromatic heterocycles. The molecule has 10 heteroatoms. The minimum absolute atomic E-state index is 0.00495. The van der Waals surface area contributed by atoms with Crippen LogP contribution in [0.4, 0.5) is 5.69 Å². The molecule has 0 saturated heterocycles. The number of carbonyl (C=O) groups is 2. The van der Waals surface area contributed by atoms with Gasteiger partial charge in [0, 0.05) is 23.9 Å². The SMILES string of the molecule is COc1cccc(NC(=O)COc2ccc(C(=O)NCc3ccc(S(N)(=O)=O)cc3)cc2)c1. The standard InChI is InChI=1S/C23H23N3O6S/c1-31-20-4-2-3-18(13-20)26-22(27)15-32-19-9-7-17(8-10-19)23(28)25-14-16-5-11-21(12-6-16)33(24,29)30/h2-13H,14-15H2,1H3,(H,25,28)(H,26,27)(H2,24,29,30). The van der Waals surface area contributed by atoms with Crippen LogP contribution in [0.2, 0.25) is 0 Å². The first kappa shape index (κ1) is 23.8. The molecule has 0 bridgehead atoms. The van der Waals surface area contributed by atoms with Crippen molar-refractivity contribution in [3.63, 3.8) is 0 Å². The molecular weight excluding hydrogens is 446 g/mol. The van der Waals surface area contributed by atoms with Crippen molar-refractivity contribution in [3.8, 4) is 11.5 Å². The van der Waals surface area contributed by atoms with Gasteiger partial charge in [0.25, 0.3) is 11.8 Å². The van der Waals surface area contributed by atoms with Crippen LogP contribution in [0.15, 0.2) is 77.7 Å². The van der Waals surface area contributed by atoms with Crippen LogP contribution in [0.3, 0.4) is 0 Å². The molecule has 3 aromatic rings. The van der Waals surface area contributed by atoms with E-state index in [1.165, 1.54) is 12.1 Å². The second-order valence-corrected chi connectivity index (χ2v) is 8.53. The third-order valence-corrected chi connectivity index (χ3v) is 5.47. The summed E-state index contributed by atoms with van der Waals surface area (Å²) in [5, 5.41) is 10.5. The van der Waals surface area contributed by atoms with E-state index in [0.29, 0.717) is 22.7 Å². The van der Waals surface area contributed by atoms with Crippen LogP contribution in [-0.2, 0) is 21.4 Å². The van der Waals surface area contributed by atoms with E-state index in [0.717, 1.165) is 5.56 Å². The lowest BCUT2D eigenvalue weighted by molar-refractivity contribution is -0.118. The van der Waals surface area contributed by atoms with E-state index in [4.69, 9.17) is 14.6 Å². The Labute approximate surface area is 191 Å². The van der Waals surface area contributed by atoms with Gasteiger partial charge in [-0.05, 0) is 54.1 Å².